The van der Waals surface area contributed by atoms with Crippen LogP contribution in [0.25, 0.3) is 5.69 Å². The molecule has 1 aromatic heterocycles. The van der Waals surface area contributed by atoms with Crippen molar-refractivity contribution in [3.8, 4) is 28.7 Å². The topological polar surface area (TPSA) is 275 Å². The minimum absolute atomic E-state index is 0. The first kappa shape index (κ1) is 35.6. The van der Waals surface area contributed by atoms with Crippen LogP contribution in [0.2, 0.25) is 0 Å². The predicted molar refractivity (Wildman–Crippen MR) is 155 cm³/mol. The van der Waals surface area contributed by atoms with Gasteiger partial charge in [-0.15, -0.1) is 10.8 Å². The molecule has 0 atom stereocenters. The molecule has 0 unspecified atom stereocenters. The second-order valence-corrected chi connectivity index (χ2v) is 10.4. The van der Waals surface area contributed by atoms with Crippen LogP contribution in [-0.2, 0) is 27.5 Å². The van der Waals surface area contributed by atoms with Gasteiger partial charge in [0.05, 0.1) is 26.9 Å². The maximum atomic E-state index is 12.4. The molecule has 0 aliphatic rings. The summed E-state index contributed by atoms with van der Waals surface area (Å²) in [5.41, 5.74) is -0.507. The van der Waals surface area contributed by atoms with E-state index in [0.29, 0.717) is 11.4 Å². The zero-order chi connectivity index (χ0) is 33.6. The van der Waals surface area contributed by atoms with Crippen molar-refractivity contribution in [1.29, 1.82) is 0 Å². The van der Waals surface area contributed by atoms with E-state index in [2.05, 4.69) is 25.6 Å². The van der Waals surface area contributed by atoms with Gasteiger partial charge in [0.2, 0.25) is 0 Å². The van der Waals surface area contributed by atoms with E-state index in [0.717, 1.165) is 36.4 Å². The number of aromatic nitrogens is 2. The number of aryl methyl sites for hydroxylation is 1. The van der Waals surface area contributed by atoms with Crippen LogP contribution < -0.4 is 26.0 Å². The minimum atomic E-state index is -4.72. The number of nitrogens with zero attached hydrogens (tertiary/aromatic N) is 7. The van der Waals surface area contributed by atoms with Gasteiger partial charge < -0.3 is 34.8 Å². The molecule has 0 spiro atoms. The first-order chi connectivity index (χ1) is 21.7. The molecule has 0 aliphatic carbocycles. The molecule has 17 nitrogen and oxygen atoms in total. The SMILES string of the molecule is Cc1[n-]n(-c2ccccc2)c(=O)c1N=Nc1ccc([N+](=O)[O-])cc1[O-].O=S(=O)([O-])c1ccc([O-])c(N=Nc2ccc(O)cc2[O-])c1.[Cr+3].[H+].[H+]. The number of rotatable bonds is 7. The fourth-order valence-corrected chi connectivity index (χ4v) is 4.07. The summed E-state index contributed by atoms with van der Waals surface area (Å²) in [5.74, 6) is -2.18. The molecule has 1 N–H and O–H groups in total. The Labute approximate surface area is 278 Å². The van der Waals surface area contributed by atoms with E-state index in [-0.39, 0.29) is 54.4 Å². The Kier molecular flexibility index (Phi) is 11.3. The summed E-state index contributed by atoms with van der Waals surface area (Å²) in [6.07, 6.45) is 0. The fourth-order valence-electron chi connectivity index (χ4n) is 3.58. The number of nitro benzene ring substituents is 1. The zero-order valence-electron chi connectivity index (χ0n) is 25.7. The van der Waals surface area contributed by atoms with E-state index in [1.165, 1.54) is 22.9 Å². The quantitative estimate of drug-likeness (QED) is 0.111. The Hall–Kier alpha value is -5.87. The van der Waals surface area contributed by atoms with E-state index < -0.39 is 42.7 Å². The molecule has 0 saturated heterocycles. The molecular weight excluding hydrogens is 678 g/mol. The van der Waals surface area contributed by atoms with Gasteiger partial charge in [-0.2, -0.15) is 15.3 Å². The monoisotopic (exact) mass is 698 g/mol. The summed E-state index contributed by atoms with van der Waals surface area (Å²) in [4.78, 5) is 21.8. The molecular formula is C28H20CrN7O10S. The van der Waals surface area contributed by atoms with Crippen LogP contribution >= 0.6 is 0 Å². The van der Waals surface area contributed by atoms with Crippen molar-refractivity contribution in [2.45, 2.75) is 11.8 Å². The average Bonchev–Trinajstić information content (AvgIpc) is 3.29. The number of hydrogen-bond acceptors (Lipinski definition) is 14. The van der Waals surface area contributed by atoms with Crippen molar-refractivity contribution in [3.63, 3.8) is 0 Å². The smallest absolute Gasteiger partial charge is 0.871 e. The maximum Gasteiger partial charge on any atom is 3.00 e. The molecule has 1 heterocycles. The third kappa shape index (κ3) is 8.87. The zero-order valence-corrected chi connectivity index (χ0v) is 25.7. The Morgan fingerprint density at radius 3 is 2.00 bits per heavy atom. The van der Waals surface area contributed by atoms with Crippen LogP contribution in [0.15, 0.2) is 115 Å². The number of nitro groups is 1. The molecule has 19 heteroatoms. The van der Waals surface area contributed by atoms with Crippen molar-refractivity contribution in [2.75, 3.05) is 0 Å². The maximum absolute atomic E-state index is 12.4. The average molecular weight is 699 g/mol. The van der Waals surface area contributed by atoms with Gasteiger partial charge in [0.25, 0.3) is 11.2 Å². The van der Waals surface area contributed by atoms with Gasteiger partial charge in [0.1, 0.15) is 21.6 Å². The van der Waals surface area contributed by atoms with E-state index in [1.54, 1.807) is 31.2 Å². The van der Waals surface area contributed by atoms with E-state index in [1.807, 2.05) is 6.07 Å². The largest absolute Gasteiger partial charge is 3.00 e. The van der Waals surface area contributed by atoms with Gasteiger partial charge in [-0.1, -0.05) is 48.4 Å². The molecule has 239 valence electrons. The molecule has 0 amide bonds. The third-order valence-electron chi connectivity index (χ3n) is 5.83. The summed E-state index contributed by atoms with van der Waals surface area (Å²) in [6.45, 7) is 1.60. The van der Waals surface area contributed by atoms with Gasteiger partial charge in [-0.25, -0.2) is 8.42 Å². The van der Waals surface area contributed by atoms with E-state index >= 15 is 0 Å². The van der Waals surface area contributed by atoms with Crippen molar-refractivity contribution in [1.82, 2.24) is 9.78 Å². The first-order valence-electron chi connectivity index (χ1n) is 12.6. The molecule has 5 rings (SSSR count). The van der Waals surface area contributed by atoms with Crippen LogP contribution in [0.5, 0.6) is 23.0 Å². The second-order valence-electron chi connectivity index (χ2n) is 9.03. The number of benzene rings is 4. The number of azo groups is 2. The van der Waals surface area contributed by atoms with Crippen molar-refractivity contribution < 1.29 is 58.5 Å². The van der Waals surface area contributed by atoms with Gasteiger partial charge in [-0.3, -0.25) is 14.9 Å². The van der Waals surface area contributed by atoms with Crippen LogP contribution in [0.4, 0.5) is 28.4 Å². The molecule has 4 aromatic carbocycles. The summed E-state index contributed by atoms with van der Waals surface area (Å²) in [6, 6.07) is 17.8. The van der Waals surface area contributed by atoms with Crippen LogP contribution in [0, 0.1) is 17.0 Å². The Morgan fingerprint density at radius 1 is 0.809 bits per heavy atom. The van der Waals surface area contributed by atoms with E-state index in [9.17, 15) is 43.2 Å². The number of non-ortho nitro benzene ring substituents is 1. The number of para-hydroxylation sites is 1. The predicted octanol–water partition coefficient (Wildman–Crippen LogP) is 3.58. The van der Waals surface area contributed by atoms with Crippen molar-refractivity contribution >= 4 is 38.6 Å². The van der Waals surface area contributed by atoms with E-state index in [4.69, 9.17) is 5.11 Å². The Balaban J connectivity index is 0.000000468. The van der Waals surface area contributed by atoms with Crippen molar-refractivity contribution in [3.05, 3.63) is 111 Å². The standard InChI is InChI=1S/C16H13N5O4.C12H10N2O6S.Cr/c1-10-15(16(23)20(19-10)11-5-3-2-4-6-11)18-17-13-8-7-12(21(24)25)9-14(13)22;15-7-1-3-9(12(17)5-7)13-14-10-6-8(21(18,19)20)2-4-11(10)16;/h2-9H,1H3,(H2,17,18,19,22,23);1-6,15-17H,(H,18,19,20);/q;;+3/p-3. The van der Waals surface area contributed by atoms with Crippen LogP contribution in [0.1, 0.15) is 8.55 Å². The number of phenols is 1. The van der Waals surface area contributed by atoms with Gasteiger partial charge in [0.15, 0.2) is 0 Å². The van der Waals surface area contributed by atoms with Crippen molar-refractivity contribution in [2.24, 2.45) is 20.5 Å². The molecule has 1 radical (unpaired) electrons. The molecule has 0 fully saturated rings. The first-order valence-corrected chi connectivity index (χ1v) is 14.0. The molecule has 0 bridgehead atoms. The molecule has 47 heavy (non-hydrogen) atoms. The molecule has 0 aliphatic heterocycles. The van der Waals surface area contributed by atoms with Gasteiger partial charge in [-0.05, 0) is 48.5 Å². The van der Waals surface area contributed by atoms with Gasteiger partial charge >= 0.3 is 20.2 Å². The normalized spacial score (nSPS) is 11.2. The number of aromatic hydroxyl groups is 1. The third-order valence-corrected chi connectivity index (χ3v) is 6.66. The number of hydrogen-bond donors (Lipinski definition) is 1. The minimum Gasteiger partial charge on any atom is -0.871 e. The Bertz CT molecular complexity index is 2160. The van der Waals surface area contributed by atoms with Gasteiger partial charge in [0, 0.05) is 17.8 Å². The second kappa shape index (κ2) is 14.9. The molecule has 0 saturated carbocycles. The fraction of sp³-hybridized carbons (Fsp3) is 0.0357. The molecule has 5 aromatic rings. The summed E-state index contributed by atoms with van der Waals surface area (Å²) in [7, 11) is -4.72. The summed E-state index contributed by atoms with van der Waals surface area (Å²) >= 11 is 0. The number of phenolic OH excluding ortho intramolecular Hbond substituents is 1. The van der Waals surface area contributed by atoms with Crippen LogP contribution in [0.3, 0.4) is 0 Å². The summed E-state index contributed by atoms with van der Waals surface area (Å²) < 4.78 is 33.8. The summed E-state index contributed by atoms with van der Waals surface area (Å²) in [5, 5.41) is 73.1. The van der Waals surface area contributed by atoms with Crippen LogP contribution in [-0.4, -0.2) is 27.7 Å². The Morgan fingerprint density at radius 2 is 1.40 bits per heavy atom.